The number of hydrogen-bond acceptors (Lipinski definition) is 6. The molecule has 0 bridgehead atoms. The van der Waals surface area contributed by atoms with Crippen LogP contribution >= 0.6 is 11.6 Å². The number of ether oxygens (including phenoxy) is 3. The van der Waals surface area contributed by atoms with Gasteiger partial charge in [-0.1, -0.05) is 11.6 Å². The van der Waals surface area contributed by atoms with Crippen molar-refractivity contribution in [1.82, 2.24) is 15.2 Å². The number of halogens is 2. The summed E-state index contributed by atoms with van der Waals surface area (Å²) in [5.74, 6) is 0.548. The maximum absolute atomic E-state index is 13.4. The fourth-order valence-corrected chi connectivity index (χ4v) is 3.05. The summed E-state index contributed by atoms with van der Waals surface area (Å²) >= 11 is 5.82. The third-order valence-corrected chi connectivity index (χ3v) is 4.59. The van der Waals surface area contributed by atoms with E-state index in [1.54, 1.807) is 12.1 Å². The number of hydrogen-bond donors (Lipinski definition) is 2. The Labute approximate surface area is 175 Å². The van der Waals surface area contributed by atoms with Crippen molar-refractivity contribution >= 4 is 29.0 Å². The number of urea groups is 1. The Morgan fingerprint density at radius 3 is 2.97 bits per heavy atom. The zero-order valence-corrected chi connectivity index (χ0v) is 16.6. The van der Waals surface area contributed by atoms with E-state index in [-0.39, 0.29) is 11.6 Å². The summed E-state index contributed by atoms with van der Waals surface area (Å²) in [6.07, 6.45) is 1.52. The Bertz CT molecular complexity index is 1080. The van der Waals surface area contributed by atoms with Crippen LogP contribution in [0, 0.1) is 5.82 Å². The van der Waals surface area contributed by atoms with Crippen LogP contribution in [0.5, 0.6) is 17.5 Å². The molecule has 0 aliphatic carbocycles. The van der Waals surface area contributed by atoms with Gasteiger partial charge in [-0.05, 0) is 24.3 Å². The lowest BCUT2D eigenvalue weighted by molar-refractivity contribution is 0.166. The molecule has 0 fully saturated rings. The van der Waals surface area contributed by atoms with Gasteiger partial charge < -0.3 is 19.5 Å². The molecule has 0 atom stereocenters. The second-order valence-corrected chi connectivity index (χ2v) is 6.64. The van der Waals surface area contributed by atoms with Crippen LogP contribution in [0.2, 0.25) is 5.02 Å². The second-order valence-electron chi connectivity index (χ2n) is 6.23. The van der Waals surface area contributed by atoms with E-state index in [0.29, 0.717) is 47.8 Å². The molecule has 2 amide bonds. The molecule has 0 saturated carbocycles. The lowest BCUT2D eigenvalue weighted by Gasteiger charge is -2.24. The van der Waals surface area contributed by atoms with Crippen molar-refractivity contribution in [3.05, 3.63) is 53.1 Å². The highest BCUT2D eigenvalue weighted by Crippen LogP contribution is 2.33. The minimum Gasteiger partial charge on any atom is -0.483 e. The van der Waals surface area contributed by atoms with Crippen LogP contribution in [0.15, 0.2) is 36.5 Å². The van der Waals surface area contributed by atoms with Gasteiger partial charge in [-0.25, -0.2) is 14.2 Å². The van der Waals surface area contributed by atoms with Crippen molar-refractivity contribution in [3.63, 3.8) is 0 Å². The molecule has 1 aliphatic heterocycles. The van der Waals surface area contributed by atoms with Gasteiger partial charge in [0.1, 0.15) is 24.7 Å². The fraction of sp³-hybridized carbons (Fsp3) is 0.211. The molecule has 2 N–H and O–H groups in total. The van der Waals surface area contributed by atoms with Crippen LogP contribution in [0.1, 0.15) is 5.69 Å². The number of H-pyrrole nitrogens is 1. The second kappa shape index (κ2) is 8.46. The van der Waals surface area contributed by atoms with Gasteiger partial charge in [-0.3, -0.25) is 10.00 Å². The summed E-state index contributed by atoms with van der Waals surface area (Å²) in [5, 5.41) is 9.52. The number of amides is 2. The van der Waals surface area contributed by atoms with E-state index in [0.717, 1.165) is 0 Å². The molecular formula is C19H17ClFN5O4. The maximum Gasteiger partial charge on any atom is 0.326 e. The molecule has 9 nitrogen and oxygen atoms in total. The Balaban J connectivity index is 1.65. The topological polar surface area (TPSA) is 102 Å². The number of rotatable bonds is 5. The minimum absolute atomic E-state index is 0.0830. The lowest BCUT2D eigenvalue weighted by atomic mass is 10.3. The van der Waals surface area contributed by atoms with Gasteiger partial charge in [-0.15, -0.1) is 5.10 Å². The average molecular weight is 434 g/mol. The van der Waals surface area contributed by atoms with E-state index in [4.69, 9.17) is 25.8 Å². The van der Waals surface area contributed by atoms with Gasteiger partial charge in [-0.2, -0.15) is 0 Å². The first-order valence-electron chi connectivity index (χ1n) is 8.91. The molecule has 3 aromatic rings. The van der Waals surface area contributed by atoms with Crippen LogP contribution in [0.25, 0.3) is 0 Å². The van der Waals surface area contributed by atoms with Gasteiger partial charge in [0.15, 0.2) is 0 Å². The molecular weight excluding hydrogens is 417 g/mol. The summed E-state index contributed by atoms with van der Waals surface area (Å²) in [6, 6.07) is 6.69. The number of aromatic nitrogens is 3. The summed E-state index contributed by atoms with van der Waals surface area (Å²) in [7, 11) is 1.48. The first kappa shape index (κ1) is 19.8. The Kier molecular flexibility index (Phi) is 5.57. The predicted molar refractivity (Wildman–Crippen MR) is 107 cm³/mol. The van der Waals surface area contributed by atoms with Crippen molar-refractivity contribution in [1.29, 1.82) is 0 Å². The molecule has 3 heterocycles. The smallest absolute Gasteiger partial charge is 0.326 e. The highest BCUT2D eigenvalue weighted by molar-refractivity contribution is 6.31. The maximum atomic E-state index is 13.4. The number of methoxy groups -OCH3 is 1. The van der Waals surface area contributed by atoms with Crippen LogP contribution < -0.4 is 24.4 Å². The summed E-state index contributed by atoms with van der Waals surface area (Å²) in [6.45, 7) is 0.858. The molecule has 11 heteroatoms. The van der Waals surface area contributed by atoms with Crippen molar-refractivity contribution in [2.24, 2.45) is 0 Å². The van der Waals surface area contributed by atoms with Crippen LogP contribution in [-0.4, -0.2) is 41.5 Å². The number of carbonyl (C=O) groups is 1. The Hall–Kier alpha value is -3.53. The van der Waals surface area contributed by atoms with E-state index >= 15 is 0 Å². The van der Waals surface area contributed by atoms with E-state index in [2.05, 4.69) is 20.5 Å². The summed E-state index contributed by atoms with van der Waals surface area (Å²) in [5.41, 5.74) is 1.39. The number of carbonyl (C=O) groups excluding carboxylic acids is 1. The van der Waals surface area contributed by atoms with E-state index < -0.39 is 11.8 Å². The predicted octanol–water partition coefficient (Wildman–Crippen LogP) is 3.62. The summed E-state index contributed by atoms with van der Waals surface area (Å²) in [4.78, 5) is 18.6. The Morgan fingerprint density at radius 2 is 2.17 bits per heavy atom. The third kappa shape index (κ3) is 4.08. The largest absolute Gasteiger partial charge is 0.483 e. The molecule has 4 rings (SSSR count). The van der Waals surface area contributed by atoms with Crippen molar-refractivity contribution < 1.29 is 23.4 Å². The quantitative estimate of drug-likeness (QED) is 0.637. The SMILES string of the molecule is COc1cc(N(Cc2[nH]nc3c2OCCO3)C(=O)Nc2ccc(F)c(Cl)c2)ccn1. The molecule has 1 aromatic carbocycles. The number of nitrogens with one attached hydrogen (secondary N) is 2. The lowest BCUT2D eigenvalue weighted by Crippen LogP contribution is -2.35. The standard InChI is InChI=1S/C19H17ClFN5O4/c1-28-16-9-12(4-5-22-16)26(10-15-17-18(25-24-15)30-7-6-29-17)19(27)23-11-2-3-14(21)13(20)8-11/h2-5,8-9H,6-7,10H2,1H3,(H,23,27)(H,24,25). The highest BCUT2D eigenvalue weighted by Gasteiger charge is 2.25. The van der Waals surface area contributed by atoms with Gasteiger partial charge in [0, 0.05) is 18.0 Å². The molecule has 1 aliphatic rings. The zero-order valence-electron chi connectivity index (χ0n) is 15.8. The Morgan fingerprint density at radius 1 is 1.33 bits per heavy atom. The normalized spacial score (nSPS) is 12.4. The molecule has 0 spiro atoms. The van der Waals surface area contributed by atoms with E-state index in [1.165, 1.54) is 36.4 Å². The van der Waals surface area contributed by atoms with Crippen LogP contribution in [-0.2, 0) is 6.54 Å². The van der Waals surface area contributed by atoms with Gasteiger partial charge in [0.25, 0.3) is 5.88 Å². The zero-order chi connectivity index (χ0) is 21.1. The number of fused-ring (bicyclic) bond motifs is 1. The molecule has 0 saturated heterocycles. The number of pyridine rings is 1. The average Bonchev–Trinajstić information content (AvgIpc) is 3.17. The fourth-order valence-electron chi connectivity index (χ4n) is 2.87. The number of aromatic amines is 1. The molecule has 2 aromatic heterocycles. The number of benzene rings is 1. The van der Waals surface area contributed by atoms with Gasteiger partial charge in [0.05, 0.1) is 24.4 Å². The first-order valence-corrected chi connectivity index (χ1v) is 9.29. The van der Waals surface area contributed by atoms with Crippen LogP contribution in [0.3, 0.4) is 0 Å². The van der Waals surface area contributed by atoms with Crippen LogP contribution in [0.4, 0.5) is 20.6 Å². The van der Waals surface area contributed by atoms with Crippen molar-refractivity contribution in [2.45, 2.75) is 6.54 Å². The molecule has 0 radical (unpaired) electrons. The van der Waals surface area contributed by atoms with Gasteiger partial charge in [0.2, 0.25) is 11.6 Å². The minimum atomic E-state index is -0.577. The number of nitrogens with zero attached hydrogens (tertiary/aromatic N) is 3. The summed E-state index contributed by atoms with van der Waals surface area (Å²) < 4.78 is 29.7. The first-order chi connectivity index (χ1) is 14.5. The monoisotopic (exact) mass is 433 g/mol. The third-order valence-electron chi connectivity index (χ3n) is 4.30. The molecule has 0 unspecified atom stereocenters. The van der Waals surface area contributed by atoms with E-state index in [1.807, 2.05) is 0 Å². The molecule has 30 heavy (non-hydrogen) atoms. The number of anilines is 2. The highest BCUT2D eigenvalue weighted by atomic mass is 35.5. The van der Waals surface area contributed by atoms with Gasteiger partial charge >= 0.3 is 6.03 Å². The van der Waals surface area contributed by atoms with E-state index in [9.17, 15) is 9.18 Å². The van der Waals surface area contributed by atoms with Crippen molar-refractivity contribution in [3.8, 4) is 17.5 Å². The van der Waals surface area contributed by atoms with Crippen molar-refractivity contribution in [2.75, 3.05) is 30.5 Å². The molecule has 156 valence electrons.